The molecule has 0 spiro atoms. The van der Waals surface area contributed by atoms with Crippen LogP contribution in [0.5, 0.6) is 0 Å². The van der Waals surface area contributed by atoms with Gasteiger partial charge in [0.1, 0.15) is 6.61 Å². The van der Waals surface area contributed by atoms with Gasteiger partial charge in [-0.25, -0.2) is 4.79 Å². The van der Waals surface area contributed by atoms with Crippen LogP contribution in [0.25, 0.3) is 0 Å². The molecule has 5 heteroatoms. The number of aliphatic hydroxyl groups is 2. The van der Waals surface area contributed by atoms with Crippen LogP contribution in [-0.2, 0) is 11.3 Å². The number of rotatable bonds is 15. The molecule has 0 unspecified atom stereocenters. The van der Waals surface area contributed by atoms with Gasteiger partial charge in [-0.2, -0.15) is 0 Å². The molecule has 0 saturated carbocycles. The lowest BCUT2D eigenvalue weighted by molar-refractivity contribution is 0.0252. The Hall–Kier alpha value is -1.59. The van der Waals surface area contributed by atoms with Gasteiger partial charge in [-0.1, -0.05) is 108 Å². The predicted molar refractivity (Wildman–Crippen MR) is 129 cm³/mol. The summed E-state index contributed by atoms with van der Waals surface area (Å²) in [6.45, 7) is 4.63. The van der Waals surface area contributed by atoms with E-state index in [1.54, 1.807) is 4.90 Å². The van der Waals surface area contributed by atoms with Crippen LogP contribution in [0.15, 0.2) is 30.3 Å². The zero-order chi connectivity index (χ0) is 23.2. The first-order chi connectivity index (χ1) is 15.5. The third kappa shape index (κ3) is 9.11. The fraction of sp³-hybridized carbons (Fsp3) is 0.741. The Bertz CT molecular complexity index is 623. The molecule has 1 saturated heterocycles. The molecule has 0 bridgehead atoms. The van der Waals surface area contributed by atoms with Crippen LogP contribution in [0.4, 0.5) is 4.79 Å². The van der Waals surface area contributed by atoms with E-state index in [0.717, 1.165) is 18.4 Å². The Morgan fingerprint density at radius 1 is 1.00 bits per heavy atom. The molecule has 1 amide bonds. The van der Waals surface area contributed by atoms with Gasteiger partial charge in [0, 0.05) is 12.5 Å². The average molecular weight is 448 g/mol. The zero-order valence-corrected chi connectivity index (χ0v) is 20.3. The van der Waals surface area contributed by atoms with Crippen LogP contribution < -0.4 is 0 Å². The van der Waals surface area contributed by atoms with E-state index in [-0.39, 0.29) is 18.6 Å². The lowest BCUT2D eigenvalue weighted by atomic mass is 9.92. The van der Waals surface area contributed by atoms with E-state index < -0.39 is 18.3 Å². The van der Waals surface area contributed by atoms with Gasteiger partial charge in [0.2, 0.25) is 0 Å². The van der Waals surface area contributed by atoms with Gasteiger partial charge in [0.25, 0.3) is 0 Å². The smallest absolute Gasteiger partial charge is 0.410 e. The highest BCUT2D eigenvalue weighted by molar-refractivity contribution is 5.68. The van der Waals surface area contributed by atoms with E-state index in [1.165, 1.54) is 57.8 Å². The first-order valence-electron chi connectivity index (χ1n) is 12.9. The molecule has 0 aromatic heterocycles. The lowest BCUT2D eigenvalue weighted by Crippen LogP contribution is -2.37. The maximum Gasteiger partial charge on any atom is 0.410 e. The summed E-state index contributed by atoms with van der Waals surface area (Å²) in [4.78, 5) is 14.1. The summed E-state index contributed by atoms with van der Waals surface area (Å²) in [5, 5.41) is 21.2. The van der Waals surface area contributed by atoms with Crippen LogP contribution in [0.3, 0.4) is 0 Å². The minimum atomic E-state index is -0.720. The van der Waals surface area contributed by atoms with Gasteiger partial charge in [-0.15, -0.1) is 0 Å². The maximum atomic E-state index is 12.5. The fourth-order valence-electron chi connectivity index (χ4n) is 4.67. The van der Waals surface area contributed by atoms with E-state index in [2.05, 4.69) is 6.92 Å². The standard InChI is InChI=1S/C27H45NO4/c1-3-4-5-6-7-8-9-10-11-12-16-19-25(29)24-20-28(22(2)26(24)30)27(31)32-21-23-17-14-13-15-18-23/h13-15,17-18,22,24-26,29-30H,3-12,16,19-21H2,1-2H3/t22-,24+,25-,26-/m0/s1. The summed E-state index contributed by atoms with van der Waals surface area (Å²) < 4.78 is 5.43. The topological polar surface area (TPSA) is 70.0 Å². The molecule has 0 radical (unpaired) electrons. The summed E-state index contributed by atoms with van der Waals surface area (Å²) in [6.07, 6.45) is 13.0. The second-order valence-corrected chi connectivity index (χ2v) is 9.48. The number of likely N-dealkylation sites (tertiary alicyclic amines) is 1. The average Bonchev–Trinajstić information content (AvgIpc) is 3.11. The van der Waals surface area contributed by atoms with Crippen molar-refractivity contribution < 1.29 is 19.7 Å². The lowest BCUT2D eigenvalue weighted by Gasteiger charge is -2.22. The number of aliphatic hydroxyl groups excluding tert-OH is 2. The summed E-state index contributed by atoms with van der Waals surface area (Å²) in [6, 6.07) is 9.21. The number of hydrogen-bond acceptors (Lipinski definition) is 4. The van der Waals surface area contributed by atoms with Crippen molar-refractivity contribution in [2.75, 3.05) is 6.54 Å². The normalized spacial score (nSPS) is 21.6. The molecule has 2 N–H and O–H groups in total. The van der Waals surface area contributed by atoms with Crippen molar-refractivity contribution >= 4 is 6.09 Å². The van der Waals surface area contributed by atoms with E-state index in [1.807, 2.05) is 37.3 Å². The van der Waals surface area contributed by atoms with Crippen molar-refractivity contribution in [1.82, 2.24) is 4.90 Å². The fourth-order valence-corrected chi connectivity index (χ4v) is 4.67. The van der Waals surface area contributed by atoms with Gasteiger partial charge in [-0.05, 0) is 18.9 Å². The van der Waals surface area contributed by atoms with E-state index in [9.17, 15) is 15.0 Å². The molecule has 182 valence electrons. The molecular weight excluding hydrogens is 402 g/mol. The number of unbranched alkanes of at least 4 members (excludes halogenated alkanes) is 10. The third-order valence-electron chi connectivity index (χ3n) is 6.87. The summed E-state index contributed by atoms with van der Waals surface area (Å²) in [5.41, 5.74) is 0.932. The van der Waals surface area contributed by atoms with Crippen LogP contribution in [0.1, 0.15) is 96.5 Å². The molecular formula is C27H45NO4. The quantitative estimate of drug-likeness (QED) is 0.320. The van der Waals surface area contributed by atoms with Crippen LogP contribution in [-0.4, -0.2) is 46.0 Å². The highest BCUT2D eigenvalue weighted by Gasteiger charge is 2.44. The third-order valence-corrected chi connectivity index (χ3v) is 6.87. The highest BCUT2D eigenvalue weighted by Crippen LogP contribution is 2.29. The van der Waals surface area contributed by atoms with Crippen LogP contribution in [0.2, 0.25) is 0 Å². The van der Waals surface area contributed by atoms with Crippen molar-refractivity contribution in [3.05, 3.63) is 35.9 Å². The minimum absolute atomic E-state index is 0.213. The number of hydrogen-bond donors (Lipinski definition) is 2. The monoisotopic (exact) mass is 447 g/mol. The minimum Gasteiger partial charge on any atom is -0.445 e. The van der Waals surface area contributed by atoms with Gasteiger partial charge in [0.15, 0.2) is 0 Å². The van der Waals surface area contributed by atoms with Gasteiger partial charge >= 0.3 is 6.09 Å². The van der Waals surface area contributed by atoms with Crippen molar-refractivity contribution in [3.8, 4) is 0 Å². The molecule has 1 aliphatic heterocycles. The summed E-state index contributed by atoms with van der Waals surface area (Å²) in [7, 11) is 0. The maximum absolute atomic E-state index is 12.5. The highest BCUT2D eigenvalue weighted by atomic mass is 16.6. The van der Waals surface area contributed by atoms with Crippen LogP contribution >= 0.6 is 0 Å². The SMILES string of the molecule is CCCCCCCCCCCCC[C@H](O)[C@H]1CN(C(=O)OCc2ccccc2)[C@@H](C)[C@@H]1O. The second kappa shape index (κ2) is 15.3. The zero-order valence-electron chi connectivity index (χ0n) is 20.3. The number of carbonyl (C=O) groups excluding carboxylic acids is 1. The first kappa shape index (κ1) is 26.7. The van der Waals surface area contributed by atoms with Crippen molar-refractivity contribution in [2.24, 2.45) is 5.92 Å². The molecule has 1 heterocycles. The Labute approximate surface area is 195 Å². The van der Waals surface area contributed by atoms with E-state index >= 15 is 0 Å². The van der Waals surface area contributed by atoms with Crippen molar-refractivity contribution in [3.63, 3.8) is 0 Å². The molecule has 4 atom stereocenters. The van der Waals surface area contributed by atoms with Crippen LogP contribution in [0, 0.1) is 5.92 Å². The second-order valence-electron chi connectivity index (χ2n) is 9.48. The molecule has 1 aromatic carbocycles. The predicted octanol–water partition coefficient (Wildman–Crippen LogP) is 6.07. The summed E-state index contributed by atoms with van der Waals surface area (Å²) in [5.74, 6) is -0.308. The number of benzene rings is 1. The number of nitrogens with zero attached hydrogens (tertiary/aromatic N) is 1. The molecule has 32 heavy (non-hydrogen) atoms. The Kier molecular flexibility index (Phi) is 12.7. The number of ether oxygens (including phenoxy) is 1. The van der Waals surface area contributed by atoms with Gasteiger partial charge in [-0.3, -0.25) is 0 Å². The largest absolute Gasteiger partial charge is 0.445 e. The first-order valence-corrected chi connectivity index (χ1v) is 12.9. The Morgan fingerprint density at radius 3 is 2.16 bits per heavy atom. The summed E-state index contributed by atoms with van der Waals surface area (Å²) >= 11 is 0. The number of carbonyl (C=O) groups is 1. The molecule has 1 aliphatic rings. The molecule has 2 rings (SSSR count). The Morgan fingerprint density at radius 2 is 1.56 bits per heavy atom. The van der Waals surface area contributed by atoms with Gasteiger partial charge < -0.3 is 19.8 Å². The Balaban J connectivity index is 1.59. The molecule has 1 aromatic rings. The molecule has 5 nitrogen and oxygen atoms in total. The van der Waals surface area contributed by atoms with Gasteiger partial charge in [0.05, 0.1) is 18.2 Å². The number of amides is 1. The van der Waals surface area contributed by atoms with E-state index in [0.29, 0.717) is 13.0 Å². The molecule has 0 aliphatic carbocycles. The van der Waals surface area contributed by atoms with E-state index in [4.69, 9.17) is 4.74 Å². The van der Waals surface area contributed by atoms with Crippen molar-refractivity contribution in [1.29, 1.82) is 0 Å². The van der Waals surface area contributed by atoms with Crippen molar-refractivity contribution in [2.45, 2.75) is 116 Å². The molecule has 1 fully saturated rings.